The summed E-state index contributed by atoms with van der Waals surface area (Å²) in [5.74, 6) is 1.30. The molecule has 0 aliphatic heterocycles. The van der Waals surface area contributed by atoms with Crippen molar-refractivity contribution in [2.24, 2.45) is 0 Å². The monoisotopic (exact) mass is 264 g/mol. The predicted octanol–water partition coefficient (Wildman–Crippen LogP) is 2.34. The number of anilines is 1. The van der Waals surface area contributed by atoms with E-state index in [1.165, 1.54) is 24.9 Å². The smallest absolute Gasteiger partial charge is 0.339 e. The zero-order valence-corrected chi connectivity index (χ0v) is 10.6. The molecule has 5 nitrogen and oxygen atoms in total. The lowest BCUT2D eigenvalue weighted by Crippen LogP contribution is -2.05. The maximum atomic E-state index is 11.6. The molecule has 0 aliphatic rings. The summed E-state index contributed by atoms with van der Waals surface area (Å²) in [6.07, 6.45) is 3.17. The number of furan rings is 1. The lowest BCUT2D eigenvalue weighted by atomic mass is 10.2. The number of carbonyl (C=O) groups is 1. The van der Waals surface area contributed by atoms with Crippen LogP contribution in [0, 0.1) is 0 Å². The van der Waals surface area contributed by atoms with Crippen molar-refractivity contribution >= 4 is 23.5 Å². The highest BCUT2D eigenvalue weighted by atomic mass is 32.2. The van der Waals surface area contributed by atoms with Gasteiger partial charge in [-0.3, -0.25) is 0 Å². The summed E-state index contributed by atoms with van der Waals surface area (Å²) in [7, 11) is 1.33. The zero-order chi connectivity index (χ0) is 13.0. The first-order chi connectivity index (χ1) is 8.70. The molecule has 94 valence electrons. The fourth-order valence-electron chi connectivity index (χ4n) is 1.39. The Morgan fingerprint density at radius 2 is 2.44 bits per heavy atom. The van der Waals surface area contributed by atoms with Gasteiger partial charge in [-0.05, 0) is 18.2 Å². The van der Waals surface area contributed by atoms with Gasteiger partial charge in [0.15, 0.2) is 0 Å². The van der Waals surface area contributed by atoms with Crippen molar-refractivity contribution in [3.05, 3.63) is 42.0 Å². The Balaban J connectivity index is 2.18. The minimum Gasteiger partial charge on any atom is -0.468 e. The number of aromatic nitrogens is 1. The summed E-state index contributed by atoms with van der Waals surface area (Å²) in [4.78, 5) is 16.3. The summed E-state index contributed by atoms with van der Waals surface area (Å²) < 4.78 is 9.93. The average molecular weight is 264 g/mol. The van der Waals surface area contributed by atoms with E-state index in [9.17, 15) is 4.79 Å². The van der Waals surface area contributed by atoms with Crippen LogP contribution in [0.1, 0.15) is 16.1 Å². The molecular weight excluding hydrogens is 252 g/mol. The highest BCUT2D eigenvalue weighted by Gasteiger charge is 2.14. The first kappa shape index (κ1) is 12.5. The van der Waals surface area contributed by atoms with Crippen LogP contribution < -0.4 is 5.73 Å². The summed E-state index contributed by atoms with van der Waals surface area (Å²) in [5, 5.41) is 0. The van der Waals surface area contributed by atoms with Crippen molar-refractivity contribution in [1.29, 1.82) is 0 Å². The second kappa shape index (κ2) is 5.59. The van der Waals surface area contributed by atoms with Gasteiger partial charge in [0.2, 0.25) is 0 Å². The van der Waals surface area contributed by atoms with Gasteiger partial charge in [-0.1, -0.05) is 0 Å². The molecule has 0 radical (unpaired) electrons. The molecule has 0 saturated carbocycles. The Hall–Kier alpha value is -1.95. The van der Waals surface area contributed by atoms with Gasteiger partial charge in [0.05, 0.1) is 24.7 Å². The molecule has 0 amide bonds. The van der Waals surface area contributed by atoms with Crippen molar-refractivity contribution in [3.8, 4) is 0 Å². The van der Waals surface area contributed by atoms with Crippen LogP contribution in [0.25, 0.3) is 0 Å². The standard InChI is InChI=1S/C12H12N2O3S/c1-16-12(15)9-5-11(13)14-6-10(9)18-7-8-3-2-4-17-8/h2-6H,7H2,1H3,(H2,13,14). The Bertz CT molecular complexity index is 540. The molecule has 2 rings (SSSR count). The van der Waals surface area contributed by atoms with E-state index < -0.39 is 5.97 Å². The highest BCUT2D eigenvalue weighted by molar-refractivity contribution is 7.98. The second-order valence-electron chi connectivity index (χ2n) is 3.46. The van der Waals surface area contributed by atoms with Gasteiger partial charge < -0.3 is 14.9 Å². The third-order valence-electron chi connectivity index (χ3n) is 2.24. The van der Waals surface area contributed by atoms with E-state index in [4.69, 9.17) is 14.9 Å². The molecule has 2 aromatic rings. The number of thioether (sulfide) groups is 1. The van der Waals surface area contributed by atoms with Gasteiger partial charge in [-0.25, -0.2) is 9.78 Å². The number of nitrogens with zero attached hydrogens (tertiary/aromatic N) is 1. The zero-order valence-electron chi connectivity index (χ0n) is 9.75. The van der Waals surface area contributed by atoms with Gasteiger partial charge in [-0.15, -0.1) is 11.8 Å². The molecule has 2 N–H and O–H groups in total. The quantitative estimate of drug-likeness (QED) is 0.674. The van der Waals surface area contributed by atoms with E-state index in [1.807, 2.05) is 12.1 Å². The average Bonchev–Trinajstić information content (AvgIpc) is 2.89. The molecule has 0 saturated heterocycles. The van der Waals surface area contributed by atoms with E-state index in [1.54, 1.807) is 12.5 Å². The molecule has 6 heteroatoms. The summed E-state index contributed by atoms with van der Waals surface area (Å²) >= 11 is 1.44. The van der Waals surface area contributed by atoms with E-state index >= 15 is 0 Å². The van der Waals surface area contributed by atoms with Crippen molar-refractivity contribution in [1.82, 2.24) is 4.98 Å². The van der Waals surface area contributed by atoms with E-state index in [0.29, 0.717) is 16.2 Å². The van der Waals surface area contributed by atoms with Crippen LogP contribution in [0.3, 0.4) is 0 Å². The number of carbonyl (C=O) groups excluding carboxylic acids is 1. The van der Waals surface area contributed by atoms with Gasteiger partial charge in [0.25, 0.3) is 0 Å². The number of ether oxygens (including phenoxy) is 1. The number of hydrogen-bond acceptors (Lipinski definition) is 6. The number of pyridine rings is 1. The minimum atomic E-state index is -0.425. The van der Waals surface area contributed by atoms with Crippen LogP contribution in [0.2, 0.25) is 0 Å². The van der Waals surface area contributed by atoms with E-state index in [2.05, 4.69) is 4.98 Å². The van der Waals surface area contributed by atoms with Crippen molar-refractivity contribution in [2.75, 3.05) is 12.8 Å². The molecule has 0 fully saturated rings. The second-order valence-corrected chi connectivity index (χ2v) is 4.48. The molecule has 0 bridgehead atoms. The summed E-state index contributed by atoms with van der Waals surface area (Å²) in [5.41, 5.74) is 5.98. The highest BCUT2D eigenvalue weighted by Crippen LogP contribution is 2.27. The molecule has 2 aromatic heterocycles. The number of nitrogens with two attached hydrogens (primary N) is 1. The van der Waals surface area contributed by atoms with Crippen molar-refractivity contribution < 1.29 is 13.9 Å². The van der Waals surface area contributed by atoms with E-state index in [0.717, 1.165) is 5.76 Å². The van der Waals surface area contributed by atoms with Gasteiger partial charge in [-0.2, -0.15) is 0 Å². The number of hydrogen-bond donors (Lipinski definition) is 1. The molecule has 2 heterocycles. The van der Waals surface area contributed by atoms with Crippen molar-refractivity contribution in [3.63, 3.8) is 0 Å². The van der Waals surface area contributed by atoms with Crippen LogP contribution in [-0.2, 0) is 10.5 Å². The molecule has 0 atom stereocenters. The van der Waals surface area contributed by atoms with Gasteiger partial charge in [0.1, 0.15) is 11.6 Å². The Morgan fingerprint density at radius 3 is 3.11 bits per heavy atom. The number of rotatable bonds is 4. The molecule has 0 unspecified atom stereocenters. The normalized spacial score (nSPS) is 10.3. The lowest BCUT2D eigenvalue weighted by Gasteiger charge is -2.07. The van der Waals surface area contributed by atoms with Crippen molar-refractivity contribution in [2.45, 2.75) is 10.6 Å². The molecule has 0 aliphatic carbocycles. The first-order valence-corrected chi connectivity index (χ1v) is 6.18. The molecule has 0 aromatic carbocycles. The maximum Gasteiger partial charge on any atom is 0.339 e. The minimum absolute atomic E-state index is 0.290. The van der Waals surface area contributed by atoms with Crippen LogP contribution in [-0.4, -0.2) is 18.1 Å². The SMILES string of the molecule is COC(=O)c1cc(N)ncc1SCc1ccco1. The lowest BCUT2D eigenvalue weighted by molar-refractivity contribution is 0.0596. The fourth-order valence-corrected chi connectivity index (χ4v) is 2.27. The Morgan fingerprint density at radius 1 is 1.61 bits per heavy atom. The molecular formula is C12H12N2O3S. The maximum absolute atomic E-state index is 11.6. The van der Waals surface area contributed by atoms with Crippen LogP contribution >= 0.6 is 11.8 Å². The topological polar surface area (TPSA) is 78.4 Å². The van der Waals surface area contributed by atoms with Gasteiger partial charge in [0, 0.05) is 11.1 Å². The predicted molar refractivity (Wildman–Crippen MR) is 68.3 cm³/mol. The number of methoxy groups -OCH3 is 1. The number of nitrogen functional groups attached to an aromatic ring is 1. The largest absolute Gasteiger partial charge is 0.468 e. The summed E-state index contributed by atoms with van der Waals surface area (Å²) in [6, 6.07) is 5.20. The molecule has 18 heavy (non-hydrogen) atoms. The van der Waals surface area contributed by atoms with Gasteiger partial charge >= 0.3 is 5.97 Å². The summed E-state index contributed by atoms with van der Waals surface area (Å²) in [6.45, 7) is 0. The first-order valence-electron chi connectivity index (χ1n) is 5.19. The fraction of sp³-hybridized carbons (Fsp3) is 0.167. The van der Waals surface area contributed by atoms with Crippen LogP contribution in [0.5, 0.6) is 0 Å². The Labute approximate surface area is 108 Å². The third-order valence-corrected chi connectivity index (χ3v) is 3.31. The number of esters is 1. The Kier molecular flexibility index (Phi) is 3.88. The molecule has 0 spiro atoms. The van der Waals surface area contributed by atoms with E-state index in [-0.39, 0.29) is 5.82 Å². The van der Waals surface area contributed by atoms with Crippen LogP contribution in [0.15, 0.2) is 40.0 Å². The van der Waals surface area contributed by atoms with Crippen LogP contribution in [0.4, 0.5) is 5.82 Å². The third kappa shape index (κ3) is 2.84.